The van der Waals surface area contributed by atoms with Crippen LogP contribution in [0.3, 0.4) is 0 Å². The Labute approximate surface area is 199 Å². The molecule has 2 aromatic carbocycles. The molecule has 178 valence electrons. The molecular formula is C23H29N3O5S2. The van der Waals surface area contributed by atoms with Crippen molar-refractivity contribution in [3.63, 3.8) is 0 Å². The number of rotatable bonds is 9. The van der Waals surface area contributed by atoms with E-state index in [1.165, 1.54) is 27.0 Å². The molecule has 2 aromatic rings. The average Bonchev–Trinajstić information content (AvgIpc) is 3.31. The average molecular weight is 492 g/mol. The number of ether oxygens (including phenoxy) is 1. The third-order valence-corrected chi connectivity index (χ3v) is 8.38. The second-order valence-corrected chi connectivity index (χ2v) is 10.2. The number of benzene rings is 2. The van der Waals surface area contributed by atoms with Crippen molar-refractivity contribution < 1.29 is 22.7 Å². The van der Waals surface area contributed by atoms with Crippen molar-refractivity contribution in [1.29, 1.82) is 0 Å². The van der Waals surface area contributed by atoms with Gasteiger partial charge in [-0.2, -0.15) is 4.31 Å². The number of sulfonamides is 1. The molecule has 0 aromatic heterocycles. The lowest BCUT2D eigenvalue weighted by Crippen LogP contribution is -2.44. The Morgan fingerprint density at radius 2 is 1.82 bits per heavy atom. The van der Waals surface area contributed by atoms with Gasteiger partial charge in [0.2, 0.25) is 15.9 Å². The van der Waals surface area contributed by atoms with Crippen LogP contribution in [0.5, 0.6) is 5.75 Å². The molecule has 0 bridgehead atoms. The van der Waals surface area contributed by atoms with Gasteiger partial charge in [0.25, 0.3) is 5.91 Å². The zero-order valence-electron chi connectivity index (χ0n) is 19.0. The van der Waals surface area contributed by atoms with Gasteiger partial charge in [0.1, 0.15) is 16.7 Å². The molecule has 1 N–H and O–H groups in total. The van der Waals surface area contributed by atoms with Gasteiger partial charge in [-0.3, -0.25) is 9.59 Å². The predicted molar refractivity (Wildman–Crippen MR) is 130 cm³/mol. The highest BCUT2D eigenvalue weighted by molar-refractivity contribution is 7.99. The number of amides is 2. The molecule has 0 aliphatic carbocycles. The number of nitrogens with one attached hydrogen (secondary N) is 1. The van der Waals surface area contributed by atoms with Crippen molar-refractivity contribution in [3.05, 3.63) is 54.1 Å². The summed E-state index contributed by atoms with van der Waals surface area (Å²) in [6, 6.07) is 12.7. The van der Waals surface area contributed by atoms with Gasteiger partial charge in [-0.05, 0) is 37.3 Å². The molecule has 1 saturated heterocycles. The Morgan fingerprint density at radius 1 is 1.12 bits per heavy atom. The SMILES string of the molecule is CCOc1ccc(NC(=O)[C@@H]2CSCN2C(=O)c2ccccc2)cc1S(=O)(=O)N(CC)CC. The Balaban J connectivity index is 1.85. The zero-order chi connectivity index (χ0) is 24.0. The molecule has 8 nitrogen and oxygen atoms in total. The summed E-state index contributed by atoms with van der Waals surface area (Å²) in [6.07, 6.45) is 0. The second-order valence-electron chi connectivity index (χ2n) is 7.33. The van der Waals surface area contributed by atoms with E-state index in [1.54, 1.807) is 57.2 Å². The fraction of sp³-hybridized carbons (Fsp3) is 0.391. The van der Waals surface area contributed by atoms with Crippen LogP contribution in [0.1, 0.15) is 31.1 Å². The molecule has 1 aliphatic rings. The van der Waals surface area contributed by atoms with Gasteiger partial charge >= 0.3 is 0 Å². The van der Waals surface area contributed by atoms with Crippen LogP contribution >= 0.6 is 11.8 Å². The van der Waals surface area contributed by atoms with Crippen molar-refractivity contribution in [2.24, 2.45) is 0 Å². The minimum absolute atomic E-state index is 0.00358. The van der Waals surface area contributed by atoms with Crippen LogP contribution in [-0.4, -0.2) is 66.8 Å². The topological polar surface area (TPSA) is 96.0 Å². The number of carbonyl (C=O) groups excluding carboxylic acids is 2. The Morgan fingerprint density at radius 3 is 2.45 bits per heavy atom. The monoisotopic (exact) mass is 491 g/mol. The number of nitrogens with zero attached hydrogens (tertiary/aromatic N) is 2. The van der Waals surface area contributed by atoms with Gasteiger partial charge in [0.15, 0.2) is 0 Å². The maximum Gasteiger partial charge on any atom is 0.255 e. The molecule has 0 radical (unpaired) electrons. The van der Waals surface area contributed by atoms with Crippen LogP contribution in [-0.2, 0) is 14.8 Å². The first kappa shape index (κ1) is 25.1. The summed E-state index contributed by atoms with van der Waals surface area (Å²) < 4.78 is 33.2. The van der Waals surface area contributed by atoms with Crippen LogP contribution in [0.15, 0.2) is 53.4 Å². The first-order valence-electron chi connectivity index (χ1n) is 10.8. The van der Waals surface area contributed by atoms with Crippen molar-refractivity contribution >= 4 is 39.3 Å². The first-order valence-corrected chi connectivity index (χ1v) is 13.4. The van der Waals surface area contributed by atoms with Crippen LogP contribution in [0.25, 0.3) is 0 Å². The summed E-state index contributed by atoms with van der Waals surface area (Å²) in [6.45, 7) is 6.25. The summed E-state index contributed by atoms with van der Waals surface area (Å²) in [7, 11) is -3.80. The number of hydrogen-bond acceptors (Lipinski definition) is 6. The van der Waals surface area contributed by atoms with Crippen LogP contribution in [0, 0.1) is 0 Å². The van der Waals surface area contributed by atoms with E-state index < -0.39 is 16.1 Å². The normalized spacial score (nSPS) is 16.1. The summed E-state index contributed by atoms with van der Waals surface area (Å²) in [5, 5.41) is 2.79. The highest BCUT2D eigenvalue weighted by atomic mass is 32.2. The molecule has 1 aliphatic heterocycles. The van der Waals surface area contributed by atoms with Gasteiger partial charge in [-0.1, -0.05) is 32.0 Å². The lowest BCUT2D eigenvalue weighted by atomic mass is 10.1. The summed E-state index contributed by atoms with van der Waals surface area (Å²) >= 11 is 1.50. The Kier molecular flexibility index (Phi) is 8.39. The number of hydrogen-bond donors (Lipinski definition) is 1. The van der Waals surface area contributed by atoms with Crippen LogP contribution in [0.4, 0.5) is 5.69 Å². The van der Waals surface area contributed by atoms with Gasteiger partial charge in [0, 0.05) is 30.1 Å². The molecule has 3 rings (SSSR count). The molecule has 2 amide bonds. The van der Waals surface area contributed by atoms with E-state index in [4.69, 9.17) is 4.74 Å². The number of carbonyl (C=O) groups is 2. The largest absolute Gasteiger partial charge is 0.492 e. The van der Waals surface area contributed by atoms with E-state index in [0.717, 1.165) is 0 Å². The molecule has 0 spiro atoms. The lowest BCUT2D eigenvalue weighted by Gasteiger charge is -2.24. The van der Waals surface area contributed by atoms with Crippen LogP contribution in [0.2, 0.25) is 0 Å². The van der Waals surface area contributed by atoms with E-state index >= 15 is 0 Å². The van der Waals surface area contributed by atoms with Crippen molar-refractivity contribution in [2.75, 3.05) is 36.6 Å². The molecule has 33 heavy (non-hydrogen) atoms. The smallest absolute Gasteiger partial charge is 0.255 e. The maximum atomic E-state index is 13.2. The zero-order valence-corrected chi connectivity index (χ0v) is 20.6. The van der Waals surface area contributed by atoms with E-state index in [-0.39, 0.29) is 22.5 Å². The van der Waals surface area contributed by atoms with Crippen molar-refractivity contribution in [2.45, 2.75) is 31.7 Å². The molecular weight excluding hydrogens is 462 g/mol. The minimum atomic E-state index is -3.80. The fourth-order valence-corrected chi connectivity index (χ4v) is 6.37. The third-order valence-electron chi connectivity index (χ3n) is 5.30. The van der Waals surface area contributed by atoms with Gasteiger partial charge in [0.05, 0.1) is 12.5 Å². The van der Waals surface area contributed by atoms with Gasteiger partial charge < -0.3 is 15.0 Å². The molecule has 1 atom stereocenters. The summed E-state index contributed by atoms with van der Waals surface area (Å²) in [4.78, 5) is 27.5. The van der Waals surface area contributed by atoms with Crippen LogP contribution < -0.4 is 10.1 Å². The number of thioether (sulfide) groups is 1. The van der Waals surface area contributed by atoms with Crippen molar-refractivity contribution in [3.8, 4) is 5.75 Å². The fourth-order valence-electron chi connectivity index (χ4n) is 3.60. The quantitative estimate of drug-likeness (QED) is 0.578. The molecule has 0 unspecified atom stereocenters. The Hall–Kier alpha value is -2.56. The second kappa shape index (κ2) is 11.0. The number of anilines is 1. The minimum Gasteiger partial charge on any atom is -0.492 e. The molecule has 1 heterocycles. The highest BCUT2D eigenvalue weighted by Crippen LogP contribution is 2.31. The molecule has 10 heteroatoms. The maximum absolute atomic E-state index is 13.2. The third kappa shape index (κ3) is 5.51. The highest BCUT2D eigenvalue weighted by Gasteiger charge is 2.35. The Bertz CT molecular complexity index is 1090. The molecule has 0 saturated carbocycles. The van der Waals surface area contributed by atoms with E-state index in [2.05, 4.69) is 5.32 Å². The van der Waals surface area contributed by atoms with Gasteiger partial charge in [-0.25, -0.2) is 8.42 Å². The van der Waals surface area contributed by atoms with Gasteiger partial charge in [-0.15, -0.1) is 11.8 Å². The molecule has 1 fully saturated rings. The first-order chi connectivity index (χ1) is 15.8. The lowest BCUT2D eigenvalue weighted by molar-refractivity contribution is -0.119. The van der Waals surface area contributed by atoms with E-state index in [9.17, 15) is 18.0 Å². The summed E-state index contributed by atoms with van der Waals surface area (Å²) in [5.41, 5.74) is 0.852. The summed E-state index contributed by atoms with van der Waals surface area (Å²) in [5.74, 6) is 0.541. The standard InChI is InChI=1S/C23H29N3O5S2/c1-4-25(5-2)33(29,30)21-14-18(12-13-20(21)31-6-3)24-22(27)19-15-32-16-26(19)23(28)17-10-8-7-9-11-17/h7-14,19H,4-6,15-16H2,1-3H3,(H,24,27)/t19-/m0/s1. The van der Waals surface area contributed by atoms with E-state index in [0.29, 0.717) is 42.6 Å². The predicted octanol–water partition coefficient (Wildman–Crippen LogP) is 3.27. The van der Waals surface area contributed by atoms with Crippen molar-refractivity contribution in [1.82, 2.24) is 9.21 Å². The van der Waals surface area contributed by atoms with E-state index in [1.807, 2.05) is 6.07 Å².